The van der Waals surface area contributed by atoms with E-state index in [0.717, 1.165) is 66.5 Å². The maximum Gasteiger partial charge on any atom is 0.159 e. The number of aryl methyl sites for hydroxylation is 3. The molecule has 3 aromatic heterocycles. The SMILES string of the molecule is CCc1nn2c(C)cc(C)nc2c1Cc1ccc(-n2cc(CN3CC(O)C3)cn2)cc1. The van der Waals surface area contributed by atoms with Crippen molar-refractivity contribution in [2.75, 3.05) is 13.1 Å². The number of hydrogen-bond donors (Lipinski definition) is 1. The molecule has 0 unspecified atom stereocenters. The monoisotopic (exact) mass is 416 g/mol. The third-order valence-corrected chi connectivity index (χ3v) is 5.97. The molecule has 0 saturated carbocycles. The number of likely N-dealkylation sites (tertiary alicyclic amines) is 1. The first-order chi connectivity index (χ1) is 15.0. The lowest BCUT2D eigenvalue weighted by Crippen LogP contribution is -2.49. The fourth-order valence-electron chi connectivity index (χ4n) is 4.36. The molecule has 5 rings (SSSR count). The molecule has 31 heavy (non-hydrogen) atoms. The fourth-order valence-corrected chi connectivity index (χ4v) is 4.36. The van der Waals surface area contributed by atoms with Crippen LogP contribution >= 0.6 is 0 Å². The van der Waals surface area contributed by atoms with E-state index in [0.29, 0.717) is 0 Å². The van der Waals surface area contributed by atoms with Crippen LogP contribution in [0.2, 0.25) is 0 Å². The van der Waals surface area contributed by atoms with Crippen molar-refractivity contribution in [2.45, 2.75) is 46.3 Å². The molecule has 160 valence electrons. The minimum Gasteiger partial charge on any atom is -0.390 e. The molecular weight excluding hydrogens is 388 g/mol. The van der Waals surface area contributed by atoms with Crippen LogP contribution < -0.4 is 0 Å². The highest BCUT2D eigenvalue weighted by molar-refractivity contribution is 5.54. The molecule has 4 heterocycles. The summed E-state index contributed by atoms with van der Waals surface area (Å²) in [7, 11) is 0. The van der Waals surface area contributed by atoms with E-state index in [1.54, 1.807) is 0 Å². The van der Waals surface area contributed by atoms with E-state index in [-0.39, 0.29) is 6.10 Å². The van der Waals surface area contributed by atoms with E-state index < -0.39 is 0 Å². The molecule has 0 spiro atoms. The largest absolute Gasteiger partial charge is 0.390 e. The van der Waals surface area contributed by atoms with Gasteiger partial charge in [-0.05, 0) is 44.0 Å². The first-order valence-corrected chi connectivity index (χ1v) is 10.9. The van der Waals surface area contributed by atoms with Crippen LogP contribution in [0, 0.1) is 13.8 Å². The van der Waals surface area contributed by atoms with Gasteiger partial charge in [0.2, 0.25) is 0 Å². The van der Waals surface area contributed by atoms with Gasteiger partial charge >= 0.3 is 0 Å². The van der Waals surface area contributed by atoms with E-state index >= 15 is 0 Å². The lowest BCUT2D eigenvalue weighted by atomic mass is 10.0. The maximum atomic E-state index is 9.44. The van der Waals surface area contributed by atoms with Crippen molar-refractivity contribution < 1.29 is 5.11 Å². The molecule has 1 fully saturated rings. The van der Waals surface area contributed by atoms with Gasteiger partial charge in [-0.25, -0.2) is 14.2 Å². The van der Waals surface area contributed by atoms with Crippen LogP contribution in [0.3, 0.4) is 0 Å². The summed E-state index contributed by atoms with van der Waals surface area (Å²) in [5.41, 5.74) is 8.85. The minimum absolute atomic E-state index is 0.174. The number of aliphatic hydroxyl groups excluding tert-OH is 1. The summed E-state index contributed by atoms with van der Waals surface area (Å²) < 4.78 is 3.88. The average molecular weight is 417 g/mol. The smallest absolute Gasteiger partial charge is 0.159 e. The zero-order valence-electron chi connectivity index (χ0n) is 18.3. The predicted octanol–water partition coefficient (Wildman–Crippen LogP) is 2.86. The standard InChI is InChI=1S/C24H28N6O/c1-4-23-22(24-26-16(2)9-17(3)30(24)27-23)10-18-5-7-20(8-6-18)29-13-19(11-25-29)12-28-14-21(31)15-28/h5-9,11,13,21,31H,4,10,12,14-15H2,1-3H3. The van der Waals surface area contributed by atoms with Crippen LogP contribution in [0.15, 0.2) is 42.7 Å². The number of hydrogen-bond acceptors (Lipinski definition) is 5. The Hall–Kier alpha value is -3.03. The molecule has 7 heteroatoms. The number of benzene rings is 1. The third kappa shape index (κ3) is 3.86. The Morgan fingerprint density at radius 2 is 1.87 bits per heavy atom. The first-order valence-electron chi connectivity index (χ1n) is 10.9. The molecule has 1 aliphatic heterocycles. The van der Waals surface area contributed by atoms with E-state index in [1.807, 2.05) is 22.3 Å². The Morgan fingerprint density at radius 3 is 2.58 bits per heavy atom. The maximum absolute atomic E-state index is 9.44. The molecular formula is C24H28N6O. The van der Waals surface area contributed by atoms with Gasteiger partial charge in [-0.1, -0.05) is 19.1 Å². The molecule has 4 aromatic rings. The van der Waals surface area contributed by atoms with Crippen molar-refractivity contribution in [3.63, 3.8) is 0 Å². The van der Waals surface area contributed by atoms with Gasteiger partial charge in [0, 0.05) is 54.8 Å². The van der Waals surface area contributed by atoms with Gasteiger partial charge in [-0.15, -0.1) is 0 Å². The summed E-state index contributed by atoms with van der Waals surface area (Å²) in [5.74, 6) is 0. The zero-order chi connectivity index (χ0) is 21.5. The lowest BCUT2D eigenvalue weighted by Gasteiger charge is -2.35. The van der Waals surface area contributed by atoms with E-state index in [1.165, 1.54) is 11.1 Å². The predicted molar refractivity (Wildman–Crippen MR) is 119 cm³/mol. The minimum atomic E-state index is -0.174. The highest BCUT2D eigenvalue weighted by atomic mass is 16.3. The quantitative estimate of drug-likeness (QED) is 0.523. The zero-order valence-corrected chi connectivity index (χ0v) is 18.3. The van der Waals surface area contributed by atoms with Crippen molar-refractivity contribution in [3.8, 4) is 5.69 Å². The fraction of sp³-hybridized carbons (Fsp3) is 0.375. The van der Waals surface area contributed by atoms with Crippen LogP contribution in [0.25, 0.3) is 11.3 Å². The number of aliphatic hydroxyl groups is 1. The van der Waals surface area contributed by atoms with Crippen LogP contribution in [0.5, 0.6) is 0 Å². The lowest BCUT2D eigenvalue weighted by molar-refractivity contribution is -0.00287. The highest BCUT2D eigenvalue weighted by Crippen LogP contribution is 2.22. The van der Waals surface area contributed by atoms with E-state index in [4.69, 9.17) is 10.1 Å². The van der Waals surface area contributed by atoms with Crippen molar-refractivity contribution in [3.05, 3.63) is 76.5 Å². The van der Waals surface area contributed by atoms with Gasteiger partial charge in [0.25, 0.3) is 0 Å². The van der Waals surface area contributed by atoms with E-state index in [2.05, 4.69) is 60.4 Å². The Bertz CT molecular complexity index is 1220. The van der Waals surface area contributed by atoms with Crippen LogP contribution in [0.4, 0.5) is 0 Å². The highest BCUT2D eigenvalue weighted by Gasteiger charge is 2.24. The topological polar surface area (TPSA) is 71.5 Å². The molecule has 1 saturated heterocycles. The van der Waals surface area contributed by atoms with Crippen LogP contribution in [-0.4, -0.2) is 53.6 Å². The molecule has 0 aliphatic carbocycles. The molecule has 1 N–H and O–H groups in total. The van der Waals surface area contributed by atoms with Crippen molar-refractivity contribution >= 4 is 5.65 Å². The molecule has 7 nitrogen and oxygen atoms in total. The summed E-state index contributed by atoms with van der Waals surface area (Å²) >= 11 is 0. The Morgan fingerprint density at radius 1 is 1.10 bits per heavy atom. The Balaban J connectivity index is 1.36. The van der Waals surface area contributed by atoms with Gasteiger partial charge in [0.05, 0.1) is 23.7 Å². The molecule has 0 atom stereocenters. The number of rotatable bonds is 6. The summed E-state index contributed by atoms with van der Waals surface area (Å²) in [5, 5.41) is 18.8. The van der Waals surface area contributed by atoms with Gasteiger partial charge in [0.1, 0.15) is 0 Å². The summed E-state index contributed by atoms with van der Waals surface area (Å²) in [6.45, 7) is 8.58. The molecule has 1 aromatic carbocycles. The molecule has 0 radical (unpaired) electrons. The second-order valence-corrected chi connectivity index (χ2v) is 8.54. The molecule has 0 bridgehead atoms. The third-order valence-electron chi connectivity index (χ3n) is 5.97. The average Bonchev–Trinajstić information content (AvgIpc) is 3.33. The normalized spacial score (nSPS) is 15.0. The van der Waals surface area contributed by atoms with Crippen molar-refractivity contribution in [1.29, 1.82) is 0 Å². The van der Waals surface area contributed by atoms with Gasteiger partial charge in [-0.2, -0.15) is 10.2 Å². The van der Waals surface area contributed by atoms with Crippen LogP contribution in [0.1, 0.15) is 40.7 Å². The number of fused-ring (bicyclic) bond motifs is 1. The van der Waals surface area contributed by atoms with Crippen LogP contribution in [-0.2, 0) is 19.4 Å². The molecule has 1 aliphatic rings. The van der Waals surface area contributed by atoms with Gasteiger partial charge in [0.15, 0.2) is 5.65 Å². The second-order valence-electron chi connectivity index (χ2n) is 8.54. The Labute approximate surface area is 182 Å². The number of nitrogens with zero attached hydrogens (tertiary/aromatic N) is 6. The number of β-amino-alcohol motifs (C(OH)–C–C–N with tert-alkyl or cyclic N) is 1. The second kappa shape index (κ2) is 7.90. The van der Waals surface area contributed by atoms with E-state index in [9.17, 15) is 5.11 Å². The number of aromatic nitrogens is 5. The van der Waals surface area contributed by atoms with Gasteiger partial charge in [-0.3, -0.25) is 4.90 Å². The van der Waals surface area contributed by atoms with Gasteiger partial charge < -0.3 is 5.11 Å². The first kappa shape index (κ1) is 19.9. The summed E-state index contributed by atoms with van der Waals surface area (Å²) in [4.78, 5) is 6.99. The summed E-state index contributed by atoms with van der Waals surface area (Å²) in [6, 6.07) is 10.6. The summed E-state index contributed by atoms with van der Waals surface area (Å²) in [6.07, 6.45) is 5.49. The molecule has 0 amide bonds. The van der Waals surface area contributed by atoms with Crippen molar-refractivity contribution in [1.82, 2.24) is 29.3 Å². The van der Waals surface area contributed by atoms with Crippen molar-refractivity contribution in [2.24, 2.45) is 0 Å². The Kier molecular flexibility index (Phi) is 5.08.